The van der Waals surface area contributed by atoms with Crippen molar-refractivity contribution in [2.75, 3.05) is 40.3 Å². The third kappa shape index (κ3) is 8.61. The highest BCUT2D eigenvalue weighted by molar-refractivity contribution is 14.0. The minimum atomic E-state index is 0. The largest absolute Gasteiger partial charge is 0.491 e. The van der Waals surface area contributed by atoms with Gasteiger partial charge in [0.25, 0.3) is 5.91 Å². The van der Waals surface area contributed by atoms with E-state index in [1.54, 1.807) is 19.0 Å². The number of carbonyl (C=O) groups excluding carboxylic acids is 1. The average Bonchev–Trinajstić information content (AvgIpc) is 2.72. The summed E-state index contributed by atoms with van der Waals surface area (Å²) < 4.78 is 5.81. The van der Waals surface area contributed by atoms with Crippen LogP contribution in [0, 0.1) is 6.92 Å². The first kappa shape index (κ1) is 25.7. The Morgan fingerprint density at radius 3 is 2.57 bits per heavy atom. The molecule has 2 N–H and O–H groups in total. The molecule has 0 bridgehead atoms. The maximum Gasteiger partial charge on any atom is 0.253 e. The maximum absolute atomic E-state index is 12.1. The van der Waals surface area contributed by atoms with Crippen molar-refractivity contribution < 1.29 is 9.53 Å². The molecule has 0 heterocycles. The van der Waals surface area contributed by atoms with Gasteiger partial charge in [0.2, 0.25) is 0 Å². The molecule has 2 rings (SSSR count). The molecule has 0 unspecified atom stereocenters. The number of halogens is 1. The van der Waals surface area contributed by atoms with Crippen molar-refractivity contribution in [3.63, 3.8) is 0 Å². The first-order valence-corrected chi connectivity index (χ1v) is 10.0. The van der Waals surface area contributed by atoms with Crippen LogP contribution in [0.5, 0.6) is 5.75 Å². The number of nitrogens with zero attached hydrogens (tertiary/aromatic N) is 2. The number of amides is 1. The number of guanidine groups is 1. The fraction of sp³-hybridized carbons (Fsp3) is 0.391. The number of nitrogens with one attached hydrogen (secondary N) is 2. The van der Waals surface area contributed by atoms with Crippen LogP contribution in [0.25, 0.3) is 0 Å². The number of ether oxygens (including phenoxy) is 1. The molecule has 0 atom stereocenters. The number of hydrogen-bond acceptors (Lipinski definition) is 3. The Morgan fingerprint density at radius 2 is 1.87 bits per heavy atom. The smallest absolute Gasteiger partial charge is 0.253 e. The zero-order chi connectivity index (χ0) is 21.1. The van der Waals surface area contributed by atoms with Gasteiger partial charge in [0.1, 0.15) is 12.4 Å². The van der Waals surface area contributed by atoms with Gasteiger partial charge in [0.05, 0.1) is 6.54 Å². The van der Waals surface area contributed by atoms with Crippen LogP contribution in [-0.4, -0.2) is 57.1 Å². The van der Waals surface area contributed by atoms with Gasteiger partial charge in [-0.3, -0.25) is 9.79 Å². The topological polar surface area (TPSA) is 66.0 Å². The molecule has 0 radical (unpaired) electrons. The predicted molar refractivity (Wildman–Crippen MR) is 134 cm³/mol. The number of hydrogen-bond donors (Lipinski definition) is 2. The van der Waals surface area contributed by atoms with E-state index in [2.05, 4.69) is 15.6 Å². The SMILES string of the molecule is CCNC(=NCCc1cccc(C(=O)N(C)C)c1)NCCOc1ccccc1C.I. The monoisotopic (exact) mass is 524 g/mol. The van der Waals surface area contributed by atoms with Gasteiger partial charge in [-0.25, -0.2) is 0 Å². The molecule has 2 aromatic rings. The van der Waals surface area contributed by atoms with Gasteiger partial charge in [-0.1, -0.05) is 30.3 Å². The summed E-state index contributed by atoms with van der Waals surface area (Å²) in [6.45, 7) is 6.72. The maximum atomic E-state index is 12.1. The molecule has 2 aromatic carbocycles. The molecule has 0 aromatic heterocycles. The first-order valence-electron chi connectivity index (χ1n) is 10.0. The van der Waals surface area contributed by atoms with Crippen molar-refractivity contribution >= 4 is 35.8 Å². The molecular weight excluding hydrogens is 491 g/mol. The fourth-order valence-electron chi connectivity index (χ4n) is 2.81. The van der Waals surface area contributed by atoms with Crippen LogP contribution >= 0.6 is 24.0 Å². The van der Waals surface area contributed by atoms with E-state index >= 15 is 0 Å². The normalized spacial score (nSPS) is 10.7. The number of rotatable bonds is 9. The van der Waals surface area contributed by atoms with E-state index in [1.807, 2.05) is 62.4 Å². The van der Waals surface area contributed by atoms with Crippen LogP contribution in [0.3, 0.4) is 0 Å². The van der Waals surface area contributed by atoms with Crippen LogP contribution in [0.2, 0.25) is 0 Å². The molecule has 0 saturated heterocycles. The summed E-state index contributed by atoms with van der Waals surface area (Å²) in [5, 5.41) is 6.54. The predicted octanol–water partition coefficient (Wildman–Crippen LogP) is 3.49. The van der Waals surface area contributed by atoms with Crippen molar-refractivity contribution in [3.8, 4) is 5.75 Å². The molecule has 30 heavy (non-hydrogen) atoms. The summed E-state index contributed by atoms with van der Waals surface area (Å²) in [5.41, 5.74) is 2.93. The lowest BCUT2D eigenvalue weighted by Gasteiger charge is -2.13. The number of aliphatic imine (C=N–C) groups is 1. The minimum Gasteiger partial charge on any atom is -0.491 e. The van der Waals surface area contributed by atoms with Crippen molar-refractivity contribution in [2.45, 2.75) is 20.3 Å². The molecule has 1 amide bonds. The molecule has 0 fully saturated rings. The molecule has 0 saturated carbocycles. The second kappa shape index (κ2) is 13.8. The molecule has 0 aliphatic rings. The highest BCUT2D eigenvalue weighted by Gasteiger charge is 2.08. The lowest BCUT2D eigenvalue weighted by Crippen LogP contribution is -2.39. The second-order valence-corrected chi connectivity index (χ2v) is 6.95. The van der Waals surface area contributed by atoms with E-state index in [0.717, 1.165) is 35.8 Å². The lowest BCUT2D eigenvalue weighted by molar-refractivity contribution is 0.0827. The lowest BCUT2D eigenvalue weighted by atomic mass is 10.1. The summed E-state index contributed by atoms with van der Waals surface area (Å²) in [4.78, 5) is 18.3. The van der Waals surface area contributed by atoms with Crippen LogP contribution in [0.1, 0.15) is 28.4 Å². The van der Waals surface area contributed by atoms with E-state index in [1.165, 1.54) is 0 Å². The number of benzene rings is 2. The molecule has 0 spiro atoms. The van der Waals surface area contributed by atoms with E-state index in [-0.39, 0.29) is 29.9 Å². The van der Waals surface area contributed by atoms with Gasteiger partial charge >= 0.3 is 0 Å². The molecule has 0 aliphatic heterocycles. The quantitative estimate of drug-likeness (QED) is 0.228. The van der Waals surface area contributed by atoms with Crippen LogP contribution in [0.4, 0.5) is 0 Å². The Morgan fingerprint density at radius 1 is 1.10 bits per heavy atom. The summed E-state index contributed by atoms with van der Waals surface area (Å²) >= 11 is 0. The highest BCUT2D eigenvalue weighted by atomic mass is 127. The zero-order valence-electron chi connectivity index (χ0n) is 18.3. The zero-order valence-corrected chi connectivity index (χ0v) is 20.6. The van der Waals surface area contributed by atoms with Crippen LogP contribution < -0.4 is 15.4 Å². The molecule has 7 heteroatoms. The van der Waals surface area contributed by atoms with Gasteiger partial charge in [0, 0.05) is 32.7 Å². The number of para-hydroxylation sites is 1. The van der Waals surface area contributed by atoms with Crippen molar-refractivity contribution in [1.82, 2.24) is 15.5 Å². The van der Waals surface area contributed by atoms with Crippen molar-refractivity contribution in [3.05, 3.63) is 65.2 Å². The fourth-order valence-corrected chi connectivity index (χ4v) is 2.81. The van der Waals surface area contributed by atoms with Crippen LogP contribution in [-0.2, 0) is 6.42 Å². The Balaban J connectivity index is 0.00000450. The Labute approximate surface area is 197 Å². The van der Waals surface area contributed by atoms with Crippen molar-refractivity contribution in [2.24, 2.45) is 4.99 Å². The van der Waals surface area contributed by atoms with E-state index in [9.17, 15) is 4.79 Å². The standard InChI is InChI=1S/C23H32N4O2.HI/c1-5-24-23(26-15-16-29-21-12-7-6-9-18(21)2)25-14-13-19-10-8-11-20(17-19)22(28)27(3)4;/h6-12,17H,5,13-16H2,1-4H3,(H2,24,25,26);1H. The van der Waals surface area contributed by atoms with Gasteiger partial charge in [0.15, 0.2) is 5.96 Å². The van der Waals surface area contributed by atoms with Gasteiger partial charge in [-0.05, 0) is 49.6 Å². The van der Waals surface area contributed by atoms with E-state index in [0.29, 0.717) is 25.3 Å². The molecule has 6 nitrogen and oxygen atoms in total. The third-order valence-electron chi connectivity index (χ3n) is 4.34. The van der Waals surface area contributed by atoms with Gasteiger partial charge < -0.3 is 20.3 Å². The van der Waals surface area contributed by atoms with Crippen molar-refractivity contribution in [1.29, 1.82) is 0 Å². The molecular formula is C23H33IN4O2. The third-order valence-corrected chi connectivity index (χ3v) is 4.34. The van der Waals surface area contributed by atoms with Gasteiger partial charge in [-0.15, -0.1) is 24.0 Å². The van der Waals surface area contributed by atoms with Crippen LogP contribution in [0.15, 0.2) is 53.5 Å². The molecule has 164 valence electrons. The average molecular weight is 524 g/mol. The highest BCUT2D eigenvalue weighted by Crippen LogP contribution is 2.15. The summed E-state index contributed by atoms with van der Waals surface area (Å²) in [6.07, 6.45) is 0.769. The second-order valence-electron chi connectivity index (χ2n) is 6.95. The Kier molecular flexibility index (Phi) is 11.9. The Bertz CT molecular complexity index is 824. The van der Waals surface area contributed by atoms with Gasteiger partial charge in [-0.2, -0.15) is 0 Å². The first-order chi connectivity index (χ1) is 14.0. The Hall–Kier alpha value is -2.29. The summed E-state index contributed by atoms with van der Waals surface area (Å²) in [7, 11) is 3.52. The number of aryl methyl sites for hydroxylation is 1. The summed E-state index contributed by atoms with van der Waals surface area (Å²) in [6, 6.07) is 15.7. The number of carbonyl (C=O) groups is 1. The van der Waals surface area contributed by atoms with E-state index < -0.39 is 0 Å². The molecule has 0 aliphatic carbocycles. The summed E-state index contributed by atoms with van der Waals surface area (Å²) in [5.74, 6) is 1.68. The van der Waals surface area contributed by atoms with E-state index in [4.69, 9.17) is 4.74 Å². The minimum absolute atomic E-state index is 0.